The third-order valence-corrected chi connectivity index (χ3v) is 3.38. The number of oxime groups is 1. The molecule has 0 atom stereocenters. The van der Waals surface area contributed by atoms with Crippen molar-refractivity contribution in [2.24, 2.45) is 5.16 Å². The normalized spacial score (nSPS) is 17.9. The Morgan fingerprint density at radius 2 is 1.90 bits per heavy atom. The SMILES string of the molecule is CC(=O)O.Cc1cc(F)ccc1C1CCC(=NO)CC1. The van der Waals surface area contributed by atoms with Crippen LogP contribution in [0.3, 0.4) is 0 Å². The van der Waals surface area contributed by atoms with E-state index >= 15 is 0 Å². The van der Waals surface area contributed by atoms with Crippen molar-refractivity contribution in [3.05, 3.63) is 35.1 Å². The van der Waals surface area contributed by atoms with E-state index in [2.05, 4.69) is 5.16 Å². The van der Waals surface area contributed by atoms with Crippen molar-refractivity contribution in [3.8, 4) is 0 Å². The Morgan fingerprint density at radius 1 is 1.35 bits per heavy atom. The summed E-state index contributed by atoms with van der Waals surface area (Å²) in [6.07, 6.45) is 3.67. The van der Waals surface area contributed by atoms with Crippen molar-refractivity contribution in [1.82, 2.24) is 0 Å². The Morgan fingerprint density at radius 3 is 2.35 bits per heavy atom. The van der Waals surface area contributed by atoms with Gasteiger partial charge in [0.05, 0.1) is 5.71 Å². The van der Waals surface area contributed by atoms with Crippen LogP contribution in [0.15, 0.2) is 23.4 Å². The lowest BCUT2D eigenvalue weighted by Gasteiger charge is -2.24. The number of aryl methyl sites for hydroxylation is 1. The number of carboxylic acid groups (broad SMARTS) is 1. The maximum absolute atomic E-state index is 13.0. The number of carboxylic acids is 1. The van der Waals surface area contributed by atoms with Gasteiger partial charge in [0, 0.05) is 6.92 Å². The number of nitrogens with zero attached hydrogens (tertiary/aromatic N) is 1. The predicted molar refractivity (Wildman–Crippen MR) is 74.9 cm³/mol. The van der Waals surface area contributed by atoms with E-state index in [9.17, 15) is 4.39 Å². The third kappa shape index (κ3) is 4.99. The van der Waals surface area contributed by atoms with Crippen molar-refractivity contribution in [2.75, 3.05) is 0 Å². The van der Waals surface area contributed by atoms with Crippen LogP contribution in [0.4, 0.5) is 4.39 Å². The zero-order valence-corrected chi connectivity index (χ0v) is 11.8. The van der Waals surface area contributed by atoms with Crippen LogP contribution < -0.4 is 0 Å². The smallest absolute Gasteiger partial charge is 0.300 e. The first kappa shape index (κ1) is 16.1. The van der Waals surface area contributed by atoms with Crippen LogP contribution in [-0.4, -0.2) is 22.0 Å². The second-order valence-corrected chi connectivity index (χ2v) is 4.96. The highest BCUT2D eigenvalue weighted by molar-refractivity contribution is 5.84. The molecule has 0 bridgehead atoms. The summed E-state index contributed by atoms with van der Waals surface area (Å²) in [6, 6.07) is 5.00. The fourth-order valence-corrected chi connectivity index (χ4v) is 2.46. The van der Waals surface area contributed by atoms with E-state index in [4.69, 9.17) is 15.1 Å². The molecule has 2 rings (SSSR count). The number of rotatable bonds is 1. The van der Waals surface area contributed by atoms with Gasteiger partial charge in [0.25, 0.3) is 5.97 Å². The molecule has 0 radical (unpaired) electrons. The molecule has 2 N–H and O–H groups in total. The molecule has 0 amide bonds. The van der Waals surface area contributed by atoms with Crippen molar-refractivity contribution < 1.29 is 19.5 Å². The second kappa shape index (κ2) is 7.62. The van der Waals surface area contributed by atoms with Crippen LogP contribution >= 0.6 is 0 Å². The molecule has 0 aromatic heterocycles. The number of benzene rings is 1. The zero-order valence-electron chi connectivity index (χ0n) is 11.8. The molecule has 110 valence electrons. The third-order valence-electron chi connectivity index (χ3n) is 3.38. The number of hydrogen-bond donors (Lipinski definition) is 2. The molecular formula is C15H20FNO3. The van der Waals surface area contributed by atoms with Crippen LogP contribution in [0, 0.1) is 12.7 Å². The van der Waals surface area contributed by atoms with Gasteiger partial charge in [0.2, 0.25) is 0 Å². The zero-order chi connectivity index (χ0) is 15.1. The highest BCUT2D eigenvalue weighted by atomic mass is 19.1. The second-order valence-electron chi connectivity index (χ2n) is 4.96. The summed E-state index contributed by atoms with van der Waals surface area (Å²) in [5, 5.41) is 19.4. The van der Waals surface area contributed by atoms with Gasteiger partial charge in [-0.25, -0.2) is 4.39 Å². The molecule has 5 heteroatoms. The summed E-state index contributed by atoms with van der Waals surface area (Å²) < 4.78 is 13.0. The minimum absolute atomic E-state index is 0.172. The number of carbonyl (C=O) groups is 1. The first-order chi connectivity index (χ1) is 9.43. The van der Waals surface area contributed by atoms with E-state index in [0.717, 1.165) is 43.9 Å². The topological polar surface area (TPSA) is 69.9 Å². The van der Waals surface area contributed by atoms with E-state index in [1.807, 2.05) is 13.0 Å². The predicted octanol–water partition coefficient (Wildman–Crippen LogP) is 3.71. The molecule has 0 heterocycles. The van der Waals surface area contributed by atoms with Crippen LogP contribution in [0.1, 0.15) is 49.7 Å². The van der Waals surface area contributed by atoms with Crippen LogP contribution in [0.5, 0.6) is 0 Å². The maximum atomic E-state index is 13.0. The van der Waals surface area contributed by atoms with E-state index < -0.39 is 5.97 Å². The fraction of sp³-hybridized carbons (Fsp3) is 0.467. The van der Waals surface area contributed by atoms with Gasteiger partial charge in [-0.1, -0.05) is 11.2 Å². The molecule has 4 nitrogen and oxygen atoms in total. The molecule has 1 fully saturated rings. The molecule has 0 spiro atoms. The summed E-state index contributed by atoms with van der Waals surface area (Å²) in [7, 11) is 0. The average Bonchev–Trinajstić information content (AvgIpc) is 2.38. The quantitative estimate of drug-likeness (QED) is 0.609. The maximum Gasteiger partial charge on any atom is 0.300 e. The van der Waals surface area contributed by atoms with Gasteiger partial charge in [0.1, 0.15) is 5.82 Å². The summed E-state index contributed by atoms with van der Waals surface area (Å²) in [4.78, 5) is 9.00. The van der Waals surface area contributed by atoms with Gasteiger partial charge in [-0.05, 0) is 61.8 Å². The van der Waals surface area contributed by atoms with Crippen LogP contribution in [-0.2, 0) is 4.79 Å². The summed E-state index contributed by atoms with van der Waals surface area (Å²) in [5.41, 5.74) is 3.14. The summed E-state index contributed by atoms with van der Waals surface area (Å²) in [6.45, 7) is 3.04. The van der Waals surface area contributed by atoms with Crippen molar-refractivity contribution in [3.63, 3.8) is 0 Å². The average molecular weight is 281 g/mol. The van der Waals surface area contributed by atoms with Gasteiger partial charge in [-0.2, -0.15) is 0 Å². The highest BCUT2D eigenvalue weighted by Gasteiger charge is 2.20. The van der Waals surface area contributed by atoms with E-state index in [1.54, 1.807) is 6.07 Å². The number of aliphatic carboxylic acids is 1. The molecule has 1 aliphatic carbocycles. The molecule has 0 aliphatic heterocycles. The molecule has 0 saturated heterocycles. The monoisotopic (exact) mass is 281 g/mol. The van der Waals surface area contributed by atoms with Crippen LogP contribution in [0.25, 0.3) is 0 Å². The van der Waals surface area contributed by atoms with Gasteiger partial charge in [-0.15, -0.1) is 0 Å². The Bertz CT molecular complexity index is 486. The Labute approximate surface area is 117 Å². The lowest BCUT2D eigenvalue weighted by molar-refractivity contribution is -0.134. The van der Waals surface area contributed by atoms with Crippen LogP contribution in [0.2, 0.25) is 0 Å². The van der Waals surface area contributed by atoms with Crippen molar-refractivity contribution >= 4 is 11.7 Å². The minimum Gasteiger partial charge on any atom is -0.481 e. The molecule has 1 aromatic rings. The standard InChI is InChI=1S/C13H16FNO.C2H4O2/c1-9-8-11(14)4-7-13(9)10-2-5-12(15-16)6-3-10;1-2(3)4/h4,7-8,10,16H,2-3,5-6H2,1H3;1H3,(H,3,4). The minimum atomic E-state index is -0.833. The van der Waals surface area contributed by atoms with Crippen molar-refractivity contribution in [2.45, 2.75) is 45.4 Å². The molecule has 0 unspecified atom stereocenters. The summed E-state index contributed by atoms with van der Waals surface area (Å²) >= 11 is 0. The Kier molecular flexibility index (Phi) is 6.15. The van der Waals surface area contributed by atoms with Gasteiger partial charge in [0.15, 0.2) is 0 Å². The Hall–Kier alpha value is -1.91. The van der Waals surface area contributed by atoms with Gasteiger partial charge < -0.3 is 10.3 Å². The number of halogens is 1. The molecule has 20 heavy (non-hydrogen) atoms. The molecule has 1 aromatic carbocycles. The fourth-order valence-electron chi connectivity index (χ4n) is 2.46. The molecule has 1 saturated carbocycles. The van der Waals surface area contributed by atoms with E-state index in [0.29, 0.717) is 5.92 Å². The highest BCUT2D eigenvalue weighted by Crippen LogP contribution is 2.33. The first-order valence-corrected chi connectivity index (χ1v) is 6.59. The Balaban J connectivity index is 0.000000444. The first-order valence-electron chi connectivity index (χ1n) is 6.59. The van der Waals surface area contributed by atoms with Gasteiger partial charge >= 0.3 is 0 Å². The van der Waals surface area contributed by atoms with Crippen molar-refractivity contribution in [1.29, 1.82) is 0 Å². The lowest BCUT2D eigenvalue weighted by Crippen LogP contribution is -2.13. The van der Waals surface area contributed by atoms with Gasteiger partial charge in [-0.3, -0.25) is 4.79 Å². The summed E-state index contributed by atoms with van der Waals surface area (Å²) in [5.74, 6) is -0.527. The van der Waals surface area contributed by atoms with E-state index in [-0.39, 0.29) is 5.82 Å². The lowest BCUT2D eigenvalue weighted by atomic mass is 9.81. The number of hydrogen-bond acceptors (Lipinski definition) is 3. The van der Waals surface area contributed by atoms with E-state index in [1.165, 1.54) is 11.6 Å². The largest absolute Gasteiger partial charge is 0.481 e. The molecular weight excluding hydrogens is 261 g/mol. The molecule has 1 aliphatic rings.